The number of pyridine rings is 1. The molecule has 7 nitrogen and oxygen atoms in total. The van der Waals surface area contributed by atoms with Crippen molar-refractivity contribution in [3.8, 4) is 5.75 Å². The number of nitrogens with two attached hydrogens (primary N) is 1. The van der Waals surface area contributed by atoms with Crippen molar-refractivity contribution in [1.82, 2.24) is 4.98 Å². The van der Waals surface area contributed by atoms with Crippen LogP contribution in [0.25, 0.3) is 0 Å². The summed E-state index contributed by atoms with van der Waals surface area (Å²) >= 11 is 11.8. The van der Waals surface area contributed by atoms with Gasteiger partial charge in [0, 0.05) is 23.9 Å². The maximum Gasteiger partial charge on any atom is 0.299 e. The lowest BCUT2D eigenvalue weighted by Crippen LogP contribution is -2.49. The molecule has 0 radical (unpaired) electrons. The summed E-state index contributed by atoms with van der Waals surface area (Å²) in [5, 5.41) is 2.94. The van der Waals surface area contributed by atoms with Crippen LogP contribution in [-0.4, -0.2) is 42.5 Å². The molecule has 3 heterocycles. The predicted octanol–water partition coefficient (Wildman–Crippen LogP) is 3.64. The van der Waals surface area contributed by atoms with Gasteiger partial charge in [0.05, 0.1) is 16.7 Å². The molecule has 4 rings (SSSR count). The summed E-state index contributed by atoms with van der Waals surface area (Å²) in [6.07, 6.45) is 1.18. The molecule has 158 valence electrons. The largest absolute Gasteiger partial charge is 0.493 e. The summed E-state index contributed by atoms with van der Waals surface area (Å²) in [5.41, 5.74) is 4.13. The number of nitrogens with one attached hydrogen (secondary N) is 1. The zero-order valence-corrected chi connectivity index (χ0v) is 16.9. The standard InChI is InChI=1S/C19H16Cl2F2N4O3/c20-10-5-13(21)16(25-7-10)17(28)26-11-1-2-14-12(6-11)18(3-4-30-14)19(22,23)9-29-8-15(24)27-18/h1-2,5-7H,3-4,8-9H2,(H2,24,27)(H,26,28). The second-order valence-electron chi connectivity index (χ2n) is 6.91. The van der Waals surface area contributed by atoms with E-state index in [-0.39, 0.29) is 58.2 Å². The highest BCUT2D eigenvalue weighted by atomic mass is 35.5. The number of anilines is 1. The van der Waals surface area contributed by atoms with Crippen LogP contribution in [0.15, 0.2) is 35.5 Å². The van der Waals surface area contributed by atoms with Crippen molar-refractivity contribution in [3.63, 3.8) is 0 Å². The Kier molecular flexibility index (Phi) is 5.29. The number of aliphatic imine (C=N–C) groups is 1. The fourth-order valence-corrected chi connectivity index (χ4v) is 4.00. The van der Waals surface area contributed by atoms with E-state index >= 15 is 8.78 Å². The van der Waals surface area contributed by atoms with E-state index < -0.39 is 24.0 Å². The molecule has 1 spiro atoms. The zero-order valence-electron chi connectivity index (χ0n) is 15.4. The van der Waals surface area contributed by atoms with Crippen LogP contribution in [0, 0.1) is 0 Å². The number of aromatic nitrogens is 1. The number of halogens is 4. The first-order chi connectivity index (χ1) is 14.2. The summed E-state index contributed by atoms with van der Waals surface area (Å²) in [6, 6.07) is 5.80. The molecule has 0 fully saturated rings. The third kappa shape index (κ3) is 3.57. The van der Waals surface area contributed by atoms with Gasteiger partial charge >= 0.3 is 0 Å². The smallest absolute Gasteiger partial charge is 0.299 e. The number of hydrogen-bond acceptors (Lipinski definition) is 6. The molecule has 30 heavy (non-hydrogen) atoms. The molecule has 1 atom stereocenters. The molecular formula is C19H16Cl2F2N4O3. The molecule has 0 saturated heterocycles. The van der Waals surface area contributed by atoms with E-state index in [0.717, 1.165) is 0 Å². The molecule has 0 aliphatic carbocycles. The van der Waals surface area contributed by atoms with Crippen molar-refractivity contribution in [2.45, 2.75) is 17.9 Å². The highest BCUT2D eigenvalue weighted by Crippen LogP contribution is 2.51. The Labute approximate surface area is 180 Å². The van der Waals surface area contributed by atoms with E-state index in [4.69, 9.17) is 38.4 Å². The first-order valence-corrected chi connectivity index (χ1v) is 9.67. The van der Waals surface area contributed by atoms with Gasteiger partial charge in [-0.3, -0.25) is 9.79 Å². The number of fused-ring (bicyclic) bond motifs is 2. The Hall–Kier alpha value is -2.49. The number of benzene rings is 1. The number of ether oxygens (including phenoxy) is 2. The van der Waals surface area contributed by atoms with Crippen molar-refractivity contribution in [1.29, 1.82) is 0 Å². The van der Waals surface area contributed by atoms with Crippen LogP contribution in [-0.2, 0) is 10.3 Å². The zero-order chi connectivity index (χ0) is 21.5. The Balaban J connectivity index is 1.74. The Morgan fingerprint density at radius 1 is 1.27 bits per heavy atom. The lowest BCUT2D eigenvalue weighted by Gasteiger charge is -2.40. The van der Waals surface area contributed by atoms with Gasteiger partial charge in [0.25, 0.3) is 11.8 Å². The molecular weight excluding hydrogens is 441 g/mol. The molecule has 11 heteroatoms. The maximum atomic E-state index is 15.1. The lowest BCUT2D eigenvalue weighted by atomic mass is 9.79. The first-order valence-electron chi connectivity index (χ1n) is 8.91. The minimum atomic E-state index is -3.34. The van der Waals surface area contributed by atoms with Gasteiger partial charge in [0.15, 0.2) is 5.54 Å². The topological polar surface area (TPSA) is 98.8 Å². The minimum absolute atomic E-state index is 0.0355. The van der Waals surface area contributed by atoms with Crippen LogP contribution in [0.5, 0.6) is 5.75 Å². The van der Waals surface area contributed by atoms with Crippen molar-refractivity contribution in [2.75, 3.05) is 25.1 Å². The fourth-order valence-electron chi connectivity index (χ4n) is 3.53. The van der Waals surface area contributed by atoms with Crippen molar-refractivity contribution in [3.05, 3.63) is 51.8 Å². The van der Waals surface area contributed by atoms with Crippen LogP contribution in [0.3, 0.4) is 0 Å². The highest BCUT2D eigenvalue weighted by molar-refractivity contribution is 6.36. The van der Waals surface area contributed by atoms with E-state index in [2.05, 4.69) is 15.3 Å². The molecule has 2 aliphatic heterocycles. The van der Waals surface area contributed by atoms with Crippen LogP contribution in [0.2, 0.25) is 10.0 Å². The van der Waals surface area contributed by atoms with E-state index in [1.54, 1.807) is 0 Å². The molecule has 3 N–H and O–H groups in total. The van der Waals surface area contributed by atoms with E-state index in [9.17, 15) is 4.79 Å². The number of rotatable bonds is 2. The second-order valence-corrected chi connectivity index (χ2v) is 7.75. The third-order valence-corrected chi connectivity index (χ3v) is 5.39. The van der Waals surface area contributed by atoms with E-state index in [0.29, 0.717) is 0 Å². The van der Waals surface area contributed by atoms with Crippen molar-refractivity contribution >= 4 is 40.6 Å². The highest BCUT2D eigenvalue weighted by Gasteiger charge is 2.58. The van der Waals surface area contributed by atoms with Crippen molar-refractivity contribution < 1.29 is 23.0 Å². The molecule has 0 saturated carbocycles. The molecule has 1 amide bonds. The molecule has 2 aromatic rings. The van der Waals surface area contributed by atoms with E-state index in [1.807, 2.05) is 0 Å². The quantitative estimate of drug-likeness (QED) is 0.718. The average Bonchev–Trinajstić information content (AvgIpc) is 2.78. The van der Waals surface area contributed by atoms with Crippen LogP contribution >= 0.6 is 23.2 Å². The molecule has 1 aromatic carbocycles. The van der Waals surface area contributed by atoms with Gasteiger partial charge in [0.1, 0.15) is 30.5 Å². The molecule has 2 aliphatic rings. The number of hydrogen-bond donors (Lipinski definition) is 2. The molecule has 1 aromatic heterocycles. The van der Waals surface area contributed by atoms with Gasteiger partial charge < -0.3 is 20.5 Å². The second kappa shape index (κ2) is 7.64. The minimum Gasteiger partial charge on any atom is -0.493 e. The molecule has 0 bridgehead atoms. The van der Waals surface area contributed by atoms with Crippen LogP contribution < -0.4 is 15.8 Å². The van der Waals surface area contributed by atoms with E-state index in [1.165, 1.54) is 30.5 Å². The number of carbonyl (C=O) groups is 1. The van der Waals surface area contributed by atoms with Gasteiger partial charge in [-0.2, -0.15) is 0 Å². The lowest BCUT2D eigenvalue weighted by molar-refractivity contribution is -0.129. The molecule has 1 unspecified atom stereocenters. The number of alkyl halides is 2. The number of amidine groups is 1. The van der Waals surface area contributed by atoms with Gasteiger partial charge in [-0.25, -0.2) is 13.8 Å². The predicted molar refractivity (Wildman–Crippen MR) is 108 cm³/mol. The Morgan fingerprint density at radius 3 is 2.83 bits per heavy atom. The summed E-state index contributed by atoms with van der Waals surface area (Å²) < 4.78 is 40.8. The summed E-state index contributed by atoms with van der Waals surface area (Å²) in [5.74, 6) is -3.76. The van der Waals surface area contributed by atoms with Gasteiger partial charge in [-0.15, -0.1) is 0 Å². The van der Waals surface area contributed by atoms with Crippen molar-refractivity contribution in [2.24, 2.45) is 10.7 Å². The van der Waals surface area contributed by atoms with Crippen LogP contribution in [0.4, 0.5) is 14.5 Å². The van der Waals surface area contributed by atoms with Gasteiger partial charge in [-0.05, 0) is 24.3 Å². The first kappa shape index (κ1) is 20.8. The van der Waals surface area contributed by atoms with Gasteiger partial charge in [-0.1, -0.05) is 23.2 Å². The monoisotopic (exact) mass is 456 g/mol. The fraction of sp³-hybridized carbons (Fsp3) is 0.316. The summed E-state index contributed by atoms with van der Waals surface area (Å²) in [7, 11) is 0. The maximum absolute atomic E-state index is 15.1. The Morgan fingerprint density at radius 2 is 2.07 bits per heavy atom. The number of amides is 1. The number of nitrogens with zero attached hydrogens (tertiary/aromatic N) is 2. The average molecular weight is 457 g/mol. The third-order valence-electron chi connectivity index (χ3n) is 4.90. The summed E-state index contributed by atoms with van der Waals surface area (Å²) in [6.45, 7) is -0.988. The Bertz CT molecular complexity index is 1050. The summed E-state index contributed by atoms with van der Waals surface area (Å²) in [4.78, 5) is 20.6. The SMILES string of the molecule is NC1=NC2(CCOc3ccc(NC(=O)c4ncc(Cl)cc4Cl)cc32)C(F)(F)COC1. The van der Waals surface area contributed by atoms with Crippen LogP contribution in [0.1, 0.15) is 22.5 Å². The van der Waals surface area contributed by atoms with Gasteiger partial charge in [0.2, 0.25) is 0 Å². The normalized spacial score (nSPS) is 22.5. The number of carbonyl (C=O) groups excluding carboxylic acids is 1.